The highest BCUT2D eigenvalue weighted by atomic mass is 28.1. The molecular weight excluding hydrogens is 444 g/mol. The van der Waals surface area contributed by atoms with Crippen molar-refractivity contribution in [1.82, 2.24) is 0 Å². The molecule has 0 saturated heterocycles. The molecule has 6 heteroatoms. The summed E-state index contributed by atoms with van der Waals surface area (Å²) in [5.41, 5.74) is 0.518. The van der Waals surface area contributed by atoms with Crippen LogP contribution in [0.25, 0.3) is 0 Å². The number of benzene rings is 2. The van der Waals surface area contributed by atoms with Crippen molar-refractivity contribution in [2.75, 3.05) is 0 Å². The Morgan fingerprint density at radius 2 is 1.36 bits per heavy atom. The Bertz CT molecular complexity index is 907. The topological polar surface area (TPSA) is 9.23 Å². The van der Waals surface area contributed by atoms with Gasteiger partial charge in [-0.2, -0.15) is 8.78 Å². The molecule has 2 saturated carbocycles. The maximum absolute atomic E-state index is 14.6. The number of ether oxygens (including phenoxy) is 1. The molecule has 4 rings (SSSR count). The van der Waals surface area contributed by atoms with Gasteiger partial charge in [0.25, 0.3) is 0 Å². The van der Waals surface area contributed by atoms with Gasteiger partial charge >= 0.3 is 6.11 Å². The molecule has 0 amide bonds. The predicted molar refractivity (Wildman–Crippen MR) is 123 cm³/mol. The van der Waals surface area contributed by atoms with Gasteiger partial charge in [-0.1, -0.05) is 31.0 Å². The quantitative estimate of drug-likeness (QED) is 0.303. The third kappa shape index (κ3) is 5.64. The molecule has 0 unspecified atom stereocenters. The minimum atomic E-state index is -3.68. The highest BCUT2D eigenvalue weighted by molar-refractivity contribution is 6.08. The summed E-state index contributed by atoms with van der Waals surface area (Å²) in [6, 6.07) is 8.90. The predicted octanol–water partition coefficient (Wildman–Crippen LogP) is 8.07. The monoisotopic (exact) mass is 475 g/mol. The summed E-state index contributed by atoms with van der Waals surface area (Å²) >= 11 is 0. The number of halogens is 4. The van der Waals surface area contributed by atoms with Crippen molar-refractivity contribution in [3.63, 3.8) is 0 Å². The molecule has 0 bridgehead atoms. The second kappa shape index (κ2) is 10.2. The van der Waals surface area contributed by atoms with Crippen LogP contribution in [0.15, 0.2) is 36.4 Å². The Labute approximate surface area is 197 Å². The number of hydrogen-bond donors (Lipinski definition) is 0. The lowest BCUT2D eigenvalue weighted by Crippen LogP contribution is -2.25. The molecule has 2 aromatic carbocycles. The molecule has 2 aliphatic rings. The second-order valence-corrected chi connectivity index (χ2v) is 10.3. The van der Waals surface area contributed by atoms with Crippen LogP contribution in [0.2, 0.25) is 6.04 Å². The van der Waals surface area contributed by atoms with Gasteiger partial charge in [0.1, 0.15) is 17.4 Å². The van der Waals surface area contributed by atoms with Crippen LogP contribution in [0.4, 0.5) is 17.6 Å². The summed E-state index contributed by atoms with van der Waals surface area (Å²) in [5.74, 6) is 0.501. The van der Waals surface area contributed by atoms with Crippen molar-refractivity contribution in [3.8, 4) is 5.75 Å². The van der Waals surface area contributed by atoms with Crippen molar-refractivity contribution in [1.29, 1.82) is 0 Å². The summed E-state index contributed by atoms with van der Waals surface area (Å²) in [6.07, 6.45) is 6.25. The fraction of sp³-hybridized carbons (Fsp3) is 0.556. The second-order valence-electron chi connectivity index (χ2n) is 9.85. The van der Waals surface area contributed by atoms with E-state index in [0.29, 0.717) is 5.92 Å². The number of rotatable bonds is 6. The molecule has 0 aliphatic heterocycles. The zero-order valence-corrected chi connectivity index (χ0v) is 20.1. The van der Waals surface area contributed by atoms with Crippen molar-refractivity contribution in [2.45, 2.75) is 76.4 Å². The fourth-order valence-corrected chi connectivity index (χ4v) is 6.03. The van der Waals surface area contributed by atoms with Crippen LogP contribution in [0.1, 0.15) is 74.0 Å². The molecule has 3 radical (unpaired) electrons. The molecular formula is C27H31F4OSi. The van der Waals surface area contributed by atoms with Crippen LogP contribution in [-0.2, 0) is 6.11 Å². The SMILES string of the molecule is Cc1c(F)cc(OC(F)(F)c2ccc(C3CCC(C4CCC(C[Si])CC4)CC3)cc2)cc1F. The van der Waals surface area contributed by atoms with Crippen LogP contribution in [0, 0.1) is 36.3 Å². The molecule has 177 valence electrons. The van der Waals surface area contributed by atoms with Crippen molar-refractivity contribution in [2.24, 2.45) is 17.8 Å². The van der Waals surface area contributed by atoms with E-state index in [1.54, 1.807) is 12.1 Å². The van der Waals surface area contributed by atoms with Gasteiger partial charge in [-0.3, -0.25) is 0 Å². The van der Waals surface area contributed by atoms with Crippen molar-refractivity contribution < 1.29 is 22.3 Å². The van der Waals surface area contributed by atoms with Gasteiger partial charge in [0, 0.05) is 27.9 Å². The van der Waals surface area contributed by atoms with E-state index in [4.69, 9.17) is 0 Å². The van der Waals surface area contributed by atoms with Gasteiger partial charge in [0.05, 0.1) is 5.56 Å². The van der Waals surface area contributed by atoms with E-state index in [2.05, 4.69) is 15.0 Å². The van der Waals surface area contributed by atoms with Crippen LogP contribution in [-0.4, -0.2) is 10.2 Å². The third-order valence-electron chi connectivity index (χ3n) is 7.84. The number of alkyl halides is 2. The summed E-state index contributed by atoms with van der Waals surface area (Å²) < 4.78 is 61.3. The molecule has 2 aromatic rings. The number of hydrogen-bond acceptors (Lipinski definition) is 1. The molecule has 0 heterocycles. The standard InChI is InChI=1S/C27H31F4OSi/c1-17-25(28)14-24(15-26(17)29)32-27(30,31)23-12-10-22(11-13-23)21-8-6-20(7-9-21)19-4-2-18(16-33)3-5-19/h10-15,18-21H,2-9,16H2,1H3. The summed E-state index contributed by atoms with van der Waals surface area (Å²) in [7, 11) is 3.67. The van der Waals surface area contributed by atoms with E-state index in [1.807, 2.05) is 0 Å². The smallest absolute Gasteiger partial charge is 0.426 e. The summed E-state index contributed by atoms with van der Waals surface area (Å²) in [6.45, 7) is 1.24. The van der Waals surface area contributed by atoms with E-state index in [0.717, 1.165) is 54.3 Å². The Balaban J connectivity index is 1.34. The van der Waals surface area contributed by atoms with Crippen LogP contribution >= 0.6 is 0 Å². The minimum absolute atomic E-state index is 0.226. The average molecular weight is 476 g/mol. The molecule has 0 aromatic heterocycles. The van der Waals surface area contributed by atoms with Crippen molar-refractivity contribution >= 4 is 10.2 Å². The fourth-order valence-electron chi connectivity index (χ4n) is 5.62. The molecule has 0 N–H and O–H groups in total. The lowest BCUT2D eigenvalue weighted by molar-refractivity contribution is -0.185. The molecule has 0 spiro atoms. The maximum Gasteiger partial charge on any atom is 0.426 e. The normalized spacial score (nSPS) is 26.2. The highest BCUT2D eigenvalue weighted by Gasteiger charge is 2.36. The molecule has 2 aliphatic carbocycles. The van der Waals surface area contributed by atoms with E-state index in [-0.39, 0.29) is 11.1 Å². The third-order valence-corrected chi connectivity index (χ3v) is 8.41. The van der Waals surface area contributed by atoms with Crippen molar-refractivity contribution in [3.05, 3.63) is 64.7 Å². The largest absolute Gasteiger partial charge is 0.429 e. The van der Waals surface area contributed by atoms with Crippen LogP contribution in [0.5, 0.6) is 5.75 Å². The van der Waals surface area contributed by atoms with E-state index in [1.165, 1.54) is 57.6 Å². The van der Waals surface area contributed by atoms with Gasteiger partial charge in [-0.25, -0.2) is 8.78 Å². The lowest BCUT2D eigenvalue weighted by atomic mass is 9.68. The van der Waals surface area contributed by atoms with E-state index < -0.39 is 23.5 Å². The lowest BCUT2D eigenvalue weighted by Gasteiger charge is -2.38. The first-order valence-corrected chi connectivity index (χ1v) is 12.7. The Kier molecular flexibility index (Phi) is 7.52. The van der Waals surface area contributed by atoms with Crippen LogP contribution in [0.3, 0.4) is 0 Å². The molecule has 33 heavy (non-hydrogen) atoms. The van der Waals surface area contributed by atoms with E-state index >= 15 is 0 Å². The Hall–Kier alpha value is -1.82. The summed E-state index contributed by atoms with van der Waals surface area (Å²) in [5, 5.41) is 0. The van der Waals surface area contributed by atoms with Gasteiger partial charge < -0.3 is 4.74 Å². The molecule has 0 atom stereocenters. The van der Waals surface area contributed by atoms with Gasteiger partial charge in [-0.15, -0.1) is 0 Å². The zero-order valence-electron chi connectivity index (χ0n) is 19.1. The first kappa shape index (κ1) is 24.3. The minimum Gasteiger partial charge on any atom is -0.429 e. The maximum atomic E-state index is 14.6. The van der Waals surface area contributed by atoms with E-state index in [9.17, 15) is 17.6 Å². The Morgan fingerprint density at radius 3 is 1.88 bits per heavy atom. The van der Waals surface area contributed by atoms with Gasteiger partial charge in [0.15, 0.2) is 0 Å². The highest BCUT2D eigenvalue weighted by Crippen LogP contribution is 2.44. The molecule has 2 fully saturated rings. The zero-order chi connectivity index (χ0) is 23.6. The average Bonchev–Trinajstić information content (AvgIpc) is 2.82. The van der Waals surface area contributed by atoms with Gasteiger partial charge in [-0.05, 0) is 86.8 Å². The first-order valence-electron chi connectivity index (χ1n) is 12.0. The van der Waals surface area contributed by atoms with Gasteiger partial charge in [0.2, 0.25) is 0 Å². The summed E-state index contributed by atoms with van der Waals surface area (Å²) in [4.78, 5) is 0. The Morgan fingerprint density at radius 1 is 0.848 bits per heavy atom. The molecule has 1 nitrogen and oxygen atoms in total. The first-order chi connectivity index (χ1) is 15.8. The van der Waals surface area contributed by atoms with Crippen LogP contribution < -0.4 is 4.74 Å².